The van der Waals surface area contributed by atoms with Gasteiger partial charge in [-0.3, -0.25) is 0 Å². The summed E-state index contributed by atoms with van der Waals surface area (Å²) in [5.41, 5.74) is 0. The third kappa shape index (κ3) is 2.70. The number of sulfonamides is 1. The Morgan fingerprint density at radius 2 is 2.14 bits per heavy atom. The van der Waals surface area contributed by atoms with Gasteiger partial charge in [0.1, 0.15) is 0 Å². The van der Waals surface area contributed by atoms with Crippen LogP contribution >= 0.6 is 15.9 Å². The Balaban J connectivity index is 2.58. The van der Waals surface area contributed by atoms with Crippen molar-refractivity contribution in [2.75, 3.05) is 18.4 Å². The van der Waals surface area contributed by atoms with E-state index in [2.05, 4.69) is 15.9 Å². The number of hydrogen-bond acceptors (Lipinski definition) is 2. The molecule has 0 saturated carbocycles. The molecule has 0 aliphatic carbocycles. The van der Waals surface area contributed by atoms with Crippen molar-refractivity contribution >= 4 is 26.0 Å². The van der Waals surface area contributed by atoms with E-state index in [1.165, 1.54) is 0 Å². The largest absolute Gasteiger partial charge is 0.216 e. The zero-order valence-electron chi connectivity index (χ0n) is 8.74. The van der Waals surface area contributed by atoms with Crippen molar-refractivity contribution in [3.63, 3.8) is 0 Å². The molecule has 1 unspecified atom stereocenters. The van der Waals surface area contributed by atoms with Gasteiger partial charge >= 0.3 is 0 Å². The van der Waals surface area contributed by atoms with E-state index in [1.54, 1.807) is 18.2 Å². The predicted molar refractivity (Wildman–Crippen MR) is 62.1 cm³/mol. The van der Waals surface area contributed by atoms with Crippen LogP contribution in [0.1, 0.15) is 26.7 Å². The van der Waals surface area contributed by atoms with Gasteiger partial charge in [-0.15, -0.1) is 0 Å². The highest BCUT2D eigenvalue weighted by Gasteiger charge is 2.32. The molecule has 5 heteroatoms. The van der Waals surface area contributed by atoms with Gasteiger partial charge < -0.3 is 0 Å². The third-order valence-electron chi connectivity index (χ3n) is 2.72. The van der Waals surface area contributed by atoms with Gasteiger partial charge in [0.25, 0.3) is 0 Å². The quantitative estimate of drug-likeness (QED) is 0.739. The van der Waals surface area contributed by atoms with Gasteiger partial charge in [-0.05, 0) is 32.6 Å². The van der Waals surface area contributed by atoms with Crippen molar-refractivity contribution in [2.45, 2.75) is 31.9 Å². The molecule has 1 saturated heterocycles. The second-order valence-electron chi connectivity index (χ2n) is 4.08. The summed E-state index contributed by atoms with van der Waals surface area (Å²) < 4.78 is 25.2. The zero-order chi connectivity index (χ0) is 10.8. The fraction of sp³-hybridized carbons (Fsp3) is 1.00. The molecule has 0 radical (unpaired) electrons. The van der Waals surface area contributed by atoms with Gasteiger partial charge in [-0.2, -0.15) is 0 Å². The van der Waals surface area contributed by atoms with E-state index in [0.717, 1.165) is 18.2 Å². The summed E-state index contributed by atoms with van der Waals surface area (Å²) in [4.78, 5) is 0. The first kappa shape index (κ1) is 12.5. The molecule has 1 rings (SSSR count). The number of nitrogens with zero attached hydrogens (tertiary/aromatic N) is 1. The first-order valence-electron chi connectivity index (χ1n) is 5.03. The molecule has 84 valence electrons. The molecule has 1 heterocycles. The molecule has 0 aromatic carbocycles. The van der Waals surface area contributed by atoms with Crippen LogP contribution in [0, 0.1) is 5.92 Å². The van der Waals surface area contributed by atoms with Crippen LogP contribution in [0.15, 0.2) is 0 Å². The number of rotatable bonds is 4. The van der Waals surface area contributed by atoms with Crippen LogP contribution < -0.4 is 0 Å². The van der Waals surface area contributed by atoms with E-state index in [1.807, 2.05) is 0 Å². The summed E-state index contributed by atoms with van der Waals surface area (Å²) in [5.74, 6) is 0.544. The Labute approximate surface area is 95.0 Å². The van der Waals surface area contributed by atoms with Crippen LogP contribution in [0.3, 0.4) is 0 Å². The summed E-state index contributed by atoms with van der Waals surface area (Å²) in [6, 6.07) is 0. The first-order chi connectivity index (χ1) is 6.48. The number of hydrogen-bond donors (Lipinski definition) is 0. The Bertz CT molecular complexity index is 277. The lowest BCUT2D eigenvalue weighted by Gasteiger charge is -2.18. The van der Waals surface area contributed by atoms with Crippen LogP contribution in [0.5, 0.6) is 0 Å². The fourth-order valence-corrected chi connectivity index (χ4v) is 3.74. The van der Waals surface area contributed by atoms with Crippen molar-refractivity contribution in [3.8, 4) is 0 Å². The van der Waals surface area contributed by atoms with Crippen LogP contribution in [0.2, 0.25) is 0 Å². The lowest BCUT2D eigenvalue weighted by atomic mass is 10.1. The standard InChI is InChI=1S/C9H18BrNO2S/c1-8(2)14(12,13)11-6-4-9(7-11)3-5-10/h8-9H,3-7H2,1-2H3. The van der Waals surface area contributed by atoms with E-state index in [9.17, 15) is 8.42 Å². The summed E-state index contributed by atoms with van der Waals surface area (Å²) in [5, 5.41) is 0.679. The molecule has 0 bridgehead atoms. The average Bonchev–Trinajstić information content (AvgIpc) is 2.53. The Morgan fingerprint density at radius 3 is 2.64 bits per heavy atom. The summed E-state index contributed by atoms with van der Waals surface area (Å²) in [6.07, 6.45) is 2.08. The maximum absolute atomic E-state index is 11.8. The summed E-state index contributed by atoms with van der Waals surface area (Å²) in [6.45, 7) is 4.91. The van der Waals surface area contributed by atoms with Crippen LogP contribution in [-0.4, -0.2) is 36.4 Å². The third-order valence-corrected chi connectivity index (χ3v) is 5.42. The van der Waals surface area contributed by atoms with Gasteiger partial charge in [0, 0.05) is 18.4 Å². The lowest BCUT2D eigenvalue weighted by molar-refractivity contribution is 0.448. The monoisotopic (exact) mass is 283 g/mol. The summed E-state index contributed by atoms with van der Waals surface area (Å²) >= 11 is 3.39. The van der Waals surface area contributed by atoms with Gasteiger partial charge in [-0.25, -0.2) is 12.7 Å². The first-order valence-corrected chi connectivity index (χ1v) is 7.66. The molecule has 0 spiro atoms. The van der Waals surface area contributed by atoms with Crippen LogP contribution in [-0.2, 0) is 10.0 Å². The molecular weight excluding hydrogens is 266 g/mol. The minimum Gasteiger partial charge on any atom is -0.212 e. The van der Waals surface area contributed by atoms with Gasteiger partial charge in [0.15, 0.2) is 0 Å². The summed E-state index contributed by atoms with van der Waals surface area (Å²) in [7, 11) is -3.01. The molecule has 0 aromatic heterocycles. The number of alkyl halides is 1. The molecule has 1 fully saturated rings. The van der Waals surface area contributed by atoms with Crippen LogP contribution in [0.4, 0.5) is 0 Å². The maximum atomic E-state index is 11.8. The molecule has 3 nitrogen and oxygen atoms in total. The van der Waals surface area contributed by atoms with Crippen molar-refractivity contribution < 1.29 is 8.42 Å². The van der Waals surface area contributed by atoms with Crippen molar-refractivity contribution in [3.05, 3.63) is 0 Å². The Kier molecular flexibility index (Phi) is 4.40. The molecule has 0 N–H and O–H groups in total. The second-order valence-corrected chi connectivity index (χ2v) is 7.37. The maximum Gasteiger partial charge on any atom is 0.216 e. The van der Waals surface area contributed by atoms with Crippen molar-refractivity contribution in [1.82, 2.24) is 4.31 Å². The molecular formula is C9H18BrNO2S. The Morgan fingerprint density at radius 1 is 1.50 bits per heavy atom. The van der Waals surface area contributed by atoms with Gasteiger partial charge in [0.2, 0.25) is 10.0 Å². The van der Waals surface area contributed by atoms with Crippen molar-refractivity contribution in [2.24, 2.45) is 5.92 Å². The minimum atomic E-state index is -3.01. The SMILES string of the molecule is CC(C)S(=O)(=O)N1CCC(CCBr)C1. The predicted octanol–water partition coefficient (Wildman–Crippen LogP) is 1.83. The number of halogens is 1. The van der Waals surface area contributed by atoms with E-state index in [4.69, 9.17) is 0 Å². The van der Waals surface area contributed by atoms with E-state index >= 15 is 0 Å². The molecule has 14 heavy (non-hydrogen) atoms. The van der Waals surface area contributed by atoms with E-state index in [-0.39, 0.29) is 5.25 Å². The van der Waals surface area contributed by atoms with E-state index in [0.29, 0.717) is 19.0 Å². The van der Waals surface area contributed by atoms with Gasteiger partial charge in [-0.1, -0.05) is 15.9 Å². The molecule has 1 aliphatic heterocycles. The highest BCUT2D eigenvalue weighted by atomic mass is 79.9. The van der Waals surface area contributed by atoms with Crippen molar-refractivity contribution in [1.29, 1.82) is 0 Å². The van der Waals surface area contributed by atoms with Crippen LogP contribution in [0.25, 0.3) is 0 Å². The highest BCUT2D eigenvalue weighted by molar-refractivity contribution is 9.09. The minimum absolute atomic E-state index is 0.287. The highest BCUT2D eigenvalue weighted by Crippen LogP contribution is 2.24. The molecule has 0 amide bonds. The molecule has 1 atom stereocenters. The normalized spacial score (nSPS) is 24.7. The lowest BCUT2D eigenvalue weighted by Crippen LogP contribution is -2.34. The average molecular weight is 284 g/mol. The Hall–Kier alpha value is 0.390. The smallest absolute Gasteiger partial charge is 0.212 e. The topological polar surface area (TPSA) is 37.4 Å². The molecule has 1 aliphatic rings. The second kappa shape index (κ2) is 4.94. The van der Waals surface area contributed by atoms with Gasteiger partial charge in [0.05, 0.1) is 5.25 Å². The zero-order valence-corrected chi connectivity index (χ0v) is 11.1. The fourth-order valence-electron chi connectivity index (χ4n) is 1.72. The van der Waals surface area contributed by atoms with E-state index < -0.39 is 10.0 Å². The molecule has 0 aromatic rings.